The minimum absolute atomic E-state index is 0.783. The van der Waals surface area contributed by atoms with Crippen LogP contribution in [0.15, 0.2) is 12.3 Å². The van der Waals surface area contributed by atoms with Crippen LogP contribution in [0, 0.1) is 13.8 Å². The van der Waals surface area contributed by atoms with E-state index in [1.54, 1.807) is 11.8 Å². The van der Waals surface area contributed by atoms with Gasteiger partial charge in [-0.1, -0.05) is 24.0 Å². The molecule has 4 nitrogen and oxygen atoms in total. The lowest BCUT2D eigenvalue weighted by atomic mass is 10.3. The van der Waals surface area contributed by atoms with Crippen molar-refractivity contribution in [3.8, 4) is 0 Å². The van der Waals surface area contributed by atoms with Crippen molar-refractivity contribution in [2.45, 2.75) is 32.4 Å². The topological polar surface area (TPSA) is 33.4 Å². The van der Waals surface area contributed by atoms with Gasteiger partial charge in [-0.25, -0.2) is 9.97 Å². The third kappa shape index (κ3) is 2.81. The lowest BCUT2D eigenvalue weighted by molar-refractivity contribution is 0.539. The first-order valence-corrected chi connectivity index (χ1v) is 8.27. The van der Waals surface area contributed by atoms with Gasteiger partial charge in [0.15, 0.2) is 0 Å². The summed E-state index contributed by atoms with van der Waals surface area (Å²) in [6, 6.07) is 2.07. The number of nitrogens with zero attached hydrogens (tertiary/aromatic N) is 4. The zero-order valence-corrected chi connectivity index (χ0v) is 13.4. The van der Waals surface area contributed by atoms with Crippen LogP contribution in [0.5, 0.6) is 0 Å². The Bertz CT molecular complexity index is 644. The second-order valence-corrected chi connectivity index (χ2v) is 6.80. The molecule has 0 aromatic carbocycles. The molecule has 1 saturated heterocycles. The number of fused-ring (bicyclic) bond motifs is 1. The van der Waals surface area contributed by atoms with Crippen LogP contribution in [0.3, 0.4) is 0 Å². The second kappa shape index (κ2) is 5.69. The second-order valence-electron chi connectivity index (χ2n) is 5.19. The highest BCUT2D eigenvalue weighted by molar-refractivity contribution is 8.22. The highest BCUT2D eigenvalue weighted by atomic mass is 32.2. The van der Waals surface area contributed by atoms with Gasteiger partial charge in [-0.2, -0.15) is 0 Å². The summed E-state index contributed by atoms with van der Waals surface area (Å²) in [7, 11) is 0. The van der Waals surface area contributed by atoms with E-state index in [0.29, 0.717) is 0 Å². The highest BCUT2D eigenvalue weighted by Crippen LogP contribution is 2.20. The summed E-state index contributed by atoms with van der Waals surface area (Å²) < 4.78 is 3.04. The maximum Gasteiger partial charge on any atom is 0.234 e. The number of imidazole rings is 1. The van der Waals surface area contributed by atoms with Crippen molar-refractivity contribution in [2.24, 2.45) is 0 Å². The number of thioether (sulfide) groups is 1. The zero-order valence-electron chi connectivity index (χ0n) is 11.8. The van der Waals surface area contributed by atoms with Crippen LogP contribution in [0.1, 0.15) is 29.9 Å². The maximum atomic E-state index is 5.48. The van der Waals surface area contributed by atoms with E-state index >= 15 is 0 Å². The Morgan fingerprint density at radius 1 is 1.30 bits per heavy atom. The number of aromatic nitrogens is 3. The molecule has 0 N–H and O–H groups in total. The monoisotopic (exact) mass is 306 g/mol. The molecule has 0 radical (unpaired) electrons. The molecular weight excluding hydrogens is 288 g/mol. The molecule has 0 saturated carbocycles. The van der Waals surface area contributed by atoms with Gasteiger partial charge in [0.25, 0.3) is 0 Å². The fourth-order valence-electron chi connectivity index (χ4n) is 2.51. The van der Waals surface area contributed by atoms with E-state index in [4.69, 9.17) is 12.2 Å². The number of thiocarbonyl (C=S) groups is 1. The summed E-state index contributed by atoms with van der Waals surface area (Å²) in [4.78, 5) is 11.3. The smallest absolute Gasteiger partial charge is 0.234 e. The van der Waals surface area contributed by atoms with Crippen LogP contribution in [0.2, 0.25) is 0 Å². The molecule has 1 aliphatic rings. The summed E-state index contributed by atoms with van der Waals surface area (Å²) in [5, 5.41) is 0. The summed E-state index contributed by atoms with van der Waals surface area (Å²) >= 11 is 7.18. The van der Waals surface area contributed by atoms with Crippen LogP contribution in [0.4, 0.5) is 0 Å². The minimum atomic E-state index is 0.783. The molecule has 0 atom stereocenters. The van der Waals surface area contributed by atoms with E-state index in [-0.39, 0.29) is 0 Å². The predicted molar refractivity (Wildman–Crippen MR) is 87.2 cm³/mol. The lowest BCUT2D eigenvalue weighted by Gasteiger charge is -2.16. The number of rotatable bonds is 2. The SMILES string of the molecule is Cc1cc(C)n2cc(CSC(=S)N3CCCC3)nc2n1. The van der Waals surface area contributed by atoms with Gasteiger partial charge in [0.1, 0.15) is 4.32 Å². The Morgan fingerprint density at radius 2 is 2.05 bits per heavy atom. The molecule has 0 unspecified atom stereocenters. The number of aryl methyl sites for hydroxylation is 2. The molecule has 2 aromatic rings. The average molecular weight is 306 g/mol. The van der Waals surface area contributed by atoms with Crippen molar-refractivity contribution in [3.63, 3.8) is 0 Å². The lowest BCUT2D eigenvalue weighted by Crippen LogP contribution is -2.23. The normalized spacial score (nSPS) is 15.2. The van der Waals surface area contributed by atoms with Gasteiger partial charge in [-0.15, -0.1) is 0 Å². The largest absolute Gasteiger partial charge is 0.358 e. The molecule has 0 aliphatic carbocycles. The van der Waals surface area contributed by atoms with Gasteiger partial charge in [0.05, 0.1) is 5.69 Å². The first-order chi connectivity index (χ1) is 9.63. The third-order valence-corrected chi connectivity index (χ3v) is 5.08. The molecule has 0 spiro atoms. The van der Waals surface area contributed by atoms with Crippen LogP contribution in [-0.2, 0) is 5.75 Å². The molecule has 0 amide bonds. The van der Waals surface area contributed by atoms with Crippen molar-refractivity contribution < 1.29 is 0 Å². The predicted octanol–water partition coefficient (Wildman–Crippen LogP) is 2.96. The van der Waals surface area contributed by atoms with Gasteiger partial charge in [-0.3, -0.25) is 4.40 Å². The van der Waals surface area contributed by atoms with Crippen LogP contribution in [-0.4, -0.2) is 36.7 Å². The molecular formula is C14H18N4S2. The van der Waals surface area contributed by atoms with Crippen LogP contribution >= 0.6 is 24.0 Å². The zero-order chi connectivity index (χ0) is 14.1. The van der Waals surface area contributed by atoms with Gasteiger partial charge < -0.3 is 4.90 Å². The molecule has 1 aliphatic heterocycles. The summed E-state index contributed by atoms with van der Waals surface area (Å²) in [6.07, 6.45) is 4.59. The van der Waals surface area contributed by atoms with Crippen molar-refractivity contribution in [2.75, 3.05) is 13.1 Å². The van der Waals surface area contributed by atoms with E-state index in [1.807, 2.05) is 11.3 Å². The van der Waals surface area contributed by atoms with Gasteiger partial charge in [0, 0.05) is 36.4 Å². The maximum absolute atomic E-state index is 5.48. The highest BCUT2D eigenvalue weighted by Gasteiger charge is 2.15. The summed E-state index contributed by atoms with van der Waals surface area (Å²) in [5.74, 6) is 1.60. The third-order valence-electron chi connectivity index (χ3n) is 3.52. The molecule has 3 heterocycles. The average Bonchev–Trinajstić information content (AvgIpc) is 3.04. The Labute approximate surface area is 128 Å². The van der Waals surface area contributed by atoms with Crippen LogP contribution in [0.25, 0.3) is 5.78 Å². The van der Waals surface area contributed by atoms with Gasteiger partial charge in [-0.05, 0) is 32.8 Å². The Morgan fingerprint density at radius 3 is 2.80 bits per heavy atom. The van der Waals surface area contributed by atoms with E-state index in [0.717, 1.165) is 40.3 Å². The standard InChI is InChI=1S/C14H18N4S2/c1-10-7-11(2)18-8-12(16-13(18)15-10)9-20-14(19)17-5-3-4-6-17/h7-8H,3-6,9H2,1-2H3. The Kier molecular flexibility index (Phi) is 3.94. The minimum Gasteiger partial charge on any atom is -0.358 e. The first-order valence-electron chi connectivity index (χ1n) is 6.87. The quantitative estimate of drug-likeness (QED) is 0.797. The van der Waals surface area contributed by atoms with E-state index < -0.39 is 0 Å². The van der Waals surface area contributed by atoms with Gasteiger partial charge >= 0.3 is 0 Å². The van der Waals surface area contributed by atoms with Crippen LogP contribution < -0.4 is 0 Å². The molecule has 6 heteroatoms. The van der Waals surface area contributed by atoms with E-state index in [1.165, 1.54) is 18.5 Å². The van der Waals surface area contributed by atoms with Gasteiger partial charge in [0.2, 0.25) is 5.78 Å². The van der Waals surface area contributed by atoms with E-state index in [2.05, 4.69) is 34.1 Å². The number of hydrogen-bond acceptors (Lipinski definition) is 4. The first kappa shape index (κ1) is 13.8. The number of likely N-dealkylation sites (tertiary alicyclic amines) is 1. The van der Waals surface area contributed by atoms with Crippen molar-refractivity contribution in [1.29, 1.82) is 0 Å². The fraction of sp³-hybridized carbons (Fsp3) is 0.500. The molecule has 1 fully saturated rings. The Balaban J connectivity index is 1.71. The number of hydrogen-bond donors (Lipinski definition) is 0. The molecule has 106 valence electrons. The van der Waals surface area contributed by atoms with Crippen molar-refractivity contribution in [1.82, 2.24) is 19.3 Å². The fourth-order valence-corrected chi connectivity index (χ4v) is 3.65. The molecule has 3 rings (SSSR count). The van der Waals surface area contributed by atoms with E-state index in [9.17, 15) is 0 Å². The molecule has 20 heavy (non-hydrogen) atoms. The summed E-state index contributed by atoms with van der Waals surface area (Å²) in [5.41, 5.74) is 3.21. The molecule has 0 bridgehead atoms. The van der Waals surface area contributed by atoms with Crippen molar-refractivity contribution >= 4 is 34.1 Å². The Hall–Kier alpha value is -1.14. The van der Waals surface area contributed by atoms with Crippen molar-refractivity contribution in [3.05, 3.63) is 29.3 Å². The molecule has 2 aromatic heterocycles. The summed E-state index contributed by atoms with van der Waals surface area (Å²) in [6.45, 7) is 6.29.